The molecule has 0 saturated heterocycles. The van der Waals surface area contributed by atoms with Crippen molar-refractivity contribution in [2.24, 2.45) is 5.92 Å². The molecule has 0 bridgehead atoms. The number of hydrogen-bond donors (Lipinski definition) is 1. The number of hydrogen-bond acceptors (Lipinski definition) is 1. The SMILES string of the molecule is CC(C)CCCCC(Cl)CC(=O)O. The Bertz CT molecular complexity index is 146. The average molecular weight is 207 g/mol. The van der Waals surface area contributed by atoms with Gasteiger partial charge in [0.2, 0.25) is 0 Å². The minimum Gasteiger partial charge on any atom is -0.481 e. The van der Waals surface area contributed by atoms with Gasteiger partial charge in [-0.05, 0) is 12.3 Å². The number of alkyl halides is 1. The van der Waals surface area contributed by atoms with E-state index in [1.807, 2.05) is 0 Å². The molecule has 0 heterocycles. The second-order valence-electron chi connectivity index (χ2n) is 3.87. The van der Waals surface area contributed by atoms with Crippen molar-refractivity contribution in [1.82, 2.24) is 0 Å². The van der Waals surface area contributed by atoms with Gasteiger partial charge in [-0.1, -0.05) is 33.1 Å². The van der Waals surface area contributed by atoms with Gasteiger partial charge in [0.1, 0.15) is 0 Å². The number of aliphatic carboxylic acids is 1. The lowest BCUT2D eigenvalue weighted by Gasteiger charge is -2.07. The van der Waals surface area contributed by atoms with E-state index >= 15 is 0 Å². The number of carboxylic acids is 1. The zero-order valence-corrected chi connectivity index (χ0v) is 9.18. The molecule has 0 fully saturated rings. The molecule has 3 heteroatoms. The van der Waals surface area contributed by atoms with Gasteiger partial charge in [-0.25, -0.2) is 0 Å². The minimum atomic E-state index is -0.802. The van der Waals surface area contributed by atoms with Crippen LogP contribution in [0, 0.1) is 5.92 Å². The summed E-state index contributed by atoms with van der Waals surface area (Å²) in [5.74, 6) is -0.0721. The molecule has 0 aliphatic carbocycles. The zero-order chi connectivity index (χ0) is 10.3. The lowest BCUT2D eigenvalue weighted by Crippen LogP contribution is -2.06. The third-order valence-corrected chi connectivity index (χ3v) is 2.32. The van der Waals surface area contributed by atoms with Crippen LogP contribution in [0.15, 0.2) is 0 Å². The molecule has 1 unspecified atom stereocenters. The Morgan fingerprint density at radius 3 is 2.31 bits per heavy atom. The number of rotatable bonds is 7. The Hall–Kier alpha value is -0.240. The van der Waals surface area contributed by atoms with Crippen LogP contribution in [0.5, 0.6) is 0 Å². The number of carboxylic acid groups (broad SMARTS) is 1. The van der Waals surface area contributed by atoms with Crippen LogP contribution in [0.1, 0.15) is 46.0 Å². The molecule has 0 rings (SSSR count). The third kappa shape index (κ3) is 9.68. The quantitative estimate of drug-likeness (QED) is 0.513. The maximum Gasteiger partial charge on any atom is 0.304 e. The zero-order valence-electron chi connectivity index (χ0n) is 8.42. The van der Waals surface area contributed by atoms with Gasteiger partial charge in [-0.15, -0.1) is 11.6 Å². The first-order chi connectivity index (χ1) is 6.02. The Kier molecular flexibility index (Phi) is 7.06. The summed E-state index contributed by atoms with van der Waals surface area (Å²) < 4.78 is 0. The molecule has 0 aromatic heterocycles. The molecule has 0 aliphatic heterocycles. The number of unbranched alkanes of at least 4 members (excludes halogenated alkanes) is 1. The molecule has 0 aliphatic rings. The van der Waals surface area contributed by atoms with Crippen LogP contribution in [-0.2, 0) is 4.79 Å². The van der Waals surface area contributed by atoms with Crippen LogP contribution < -0.4 is 0 Å². The summed E-state index contributed by atoms with van der Waals surface area (Å²) in [4.78, 5) is 10.3. The first-order valence-corrected chi connectivity index (χ1v) is 5.32. The predicted octanol–water partition coefficient (Wildman–Crippen LogP) is 3.28. The average Bonchev–Trinajstić information content (AvgIpc) is 1.96. The smallest absolute Gasteiger partial charge is 0.304 e. The van der Waals surface area contributed by atoms with Crippen LogP contribution in [0.25, 0.3) is 0 Å². The molecule has 0 spiro atoms. The van der Waals surface area contributed by atoms with E-state index in [0.717, 1.165) is 25.2 Å². The molecule has 13 heavy (non-hydrogen) atoms. The van der Waals surface area contributed by atoms with E-state index < -0.39 is 5.97 Å². The summed E-state index contributed by atoms with van der Waals surface area (Å²) in [5, 5.41) is 8.25. The molecule has 78 valence electrons. The lowest BCUT2D eigenvalue weighted by atomic mass is 10.0. The van der Waals surface area contributed by atoms with E-state index in [4.69, 9.17) is 16.7 Å². The summed E-state index contributed by atoms with van der Waals surface area (Å²) in [6.45, 7) is 4.38. The standard InChI is InChI=1S/C10H19ClO2/c1-8(2)5-3-4-6-9(11)7-10(12)13/h8-9H,3-7H2,1-2H3,(H,12,13). The van der Waals surface area contributed by atoms with Gasteiger partial charge >= 0.3 is 5.97 Å². The van der Waals surface area contributed by atoms with Crippen molar-refractivity contribution >= 4 is 17.6 Å². The van der Waals surface area contributed by atoms with Crippen molar-refractivity contribution in [1.29, 1.82) is 0 Å². The fourth-order valence-corrected chi connectivity index (χ4v) is 1.50. The molecule has 0 aromatic rings. The Morgan fingerprint density at radius 1 is 1.31 bits per heavy atom. The summed E-state index contributed by atoms with van der Waals surface area (Å²) in [6, 6.07) is 0. The van der Waals surface area contributed by atoms with Gasteiger partial charge in [0.15, 0.2) is 0 Å². The maximum atomic E-state index is 10.3. The topological polar surface area (TPSA) is 37.3 Å². The van der Waals surface area contributed by atoms with E-state index in [2.05, 4.69) is 13.8 Å². The number of halogens is 1. The van der Waals surface area contributed by atoms with Crippen molar-refractivity contribution < 1.29 is 9.90 Å². The van der Waals surface area contributed by atoms with Crippen LogP contribution >= 0.6 is 11.6 Å². The van der Waals surface area contributed by atoms with E-state index in [0.29, 0.717) is 0 Å². The summed E-state index contributed by atoms with van der Waals surface area (Å²) >= 11 is 5.81. The highest BCUT2D eigenvalue weighted by molar-refractivity contribution is 6.21. The van der Waals surface area contributed by atoms with E-state index in [1.165, 1.54) is 6.42 Å². The van der Waals surface area contributed by atoms with Crippen molar-refractivity contribution in [3.05, 3.63) is 0 Å². The highest BCUT2D eigenvalue weighted by Gasteiger charge is 2.08. The Morgan fingerprint density at radius 2 is 1.85 bits per heavy atom. The van der Waals surface area contributed by atoms with Gasteiger partial charge in [-0.3, -0.25) is 4.79 Å². The monoisotopic (exact) mass is 206 g/mol. The molecule has 2 nitrogen and oxygen atoms in total. The Balaban J connectivity index is 3.26. The normalized spacial score (nSPS) is 13.2. The summed E-state index contributed by atoms with van der Waals surface area (Å²) in [7, 11) is 0. The van der Waals surface area contributed by atoms with E-state index in [1.54, 1.807) is 0 Å². The van der Waals surface area contributed by atoms with Crippen LogP contribution in [0.2, 0.25) is 0 Å². The largest absolute Gasteiger partial charge is 0.481 e. The van der Waals surface area contributed by atoms with Crippen LogP contribution in [-0.4, -0.2) is 16.5 Å². The minimum absolute atomic E-state index is 0.0865. The first kappa shape index (κ1) is 12.8. The van der Waals surface area contributed by atoms with Gasteiger partial charge < -0.3 is 5.11 Å². The first-order valence-electron chi connectivity index (χ1n) is 4.88. The highest BCUT2D eigenvalue weighted by Crippen LogP contribution is 2.14. The van der Waals surface area contributed by atoms with Crippen LogP contribution in [0.4, 0.5) is 0 Å². The maximum absolute atomic E-state index is 10.3. The molecule has 0 aromatic carbocycles. The summed E-state index contributed by atoms with van der Waals surface area (Å²) in [5.41, 5.74) is 0. The molecule has 1 atom stereocenters. The fourth-order valence-electron chi connectivity index (χ4n) is 1.21. The van der Waals surface area contributed by atoms with Crippen molar-refractivity contribution in [2.75, 3.05) is 0 Å². The second kappa shape index (κ2) is 7.19. The van der Waals surface area contributed by atoms with Crippen molar-refractivity contribution in [3.8, 4) is 0 Å². The summed E-state index contributed by atoms with van der Waals surface area (Å²) in [6.07, 6.45) is 4.31. The van der Waals surface area contributed by atoms with E-state index in [9.17, 15) is 4.79 Å². The molecular weight excluding hydrogens is 188 g/mol. The number of carbonyl (C=O) groups is 1. The van der Waals surface area contributed by atoms with Crippen molar-refractivity contribution in [2.45, 2.75) is 51.3 Å². The molecule has 0 amide bonds. The van der Waals surface area contributed by atoms with E-state index in [-0.39, 0.29) is 11.8 Å². The fraction of sp³-hybridized carbons (Fsp3) is 0.900. The van der Waals surface area contributed by atoms with Gasteiger partial charge in [-0.2, -0.15) is 0 Å². The van der Waals surface area contributed by atoms with Crippen LogP contribution in [0.3, 0.4) is 0 Å². The Labute approximate surface area is 85.3 Å². The van der Waals surface area contributed by atoms with Gasteiger partial charge in [0.05, 0.1) is 6.42 Å². The van der Waals surface area contributed by atoms with Gasteiger partial charge in [0, 0.05) is 5.38 Å². The predicted molar refractivity (Wildman–Crippen MR) is 55.2 cm³/mol. The highest BCUT2D eigenvalue weighted by atomic mass is 35.5. The molecule has 0 radical (unpaired) electrons. The molecular formula is C10H19ClO2. The molecule has 0 saturated carbocycles. The van der Waals surface area contributed by atoms with Crippen molar-refractivity contribution in [3.63, 3.8) is 0 Å². The van der Waals surface area contributed by atoms with Gasteiger partial charge in [0.25, 0.3) is 0 Å². The third-order valence-electron chi connectivity index (χ3n) is 1.94. The second-order valence-corrected chi connectivity index (χ2v) is 4.49. The lowest BCUT2D eigenvalue weighted by molar-refractivity contribution is -0.137. The molecule has 1 N–H and O–H groups in total.